The monoisotopic (exact) mass is 414 g/mol. The smallest absolute Gasteiger partial charge is 0.251 e. The molecule has 0 aliphatic carbocycles. The first-order chi connectivity index (χ1) is 11.9. The van der Waals surface area contributed by atoms with E-state index in [9.17, 15) is 4.79 Å². The third kappa shape index (κ3) is 5.09. The highest BCUT2D eigenvalue weighted by Gasteiger charge is 2.29. The van der Waals surface area contributed by atoms with Crippen LogP contribution in [-0.4, -0.2) is 62.9 Å². The lowest BCUT2D eigenvalue weighted by molar-refractivity contribution is -0.00923. The highest BCUT2D eigenvalue weighted by molar-refractivity contribution is 9.10. The largest absolute Gasteiger partial charge is 0.493 e. The van der Waals surface area contributed by atoms with Crippen molar-refractivity contribution < 1.29 is 19.0 Å². The summed E-state index contributed by atoms with van der Waals surface area (Å²) in [6.45, 7) is 10.5. The van der Waals surface area contributed by atoms with Gasteiger partial charge in [-0.15, -0.1) is 0 Å². The summed E-state index contributed by atoms with van der Waals surface area (Å²) in [5.41, 5.74) is 0.399. The molecule has 1 heterocycles. The Kier molecular flexibility index (Phi) is 7.10. The van der Waals surface area contributed by atoms with E-state index >= 15 is 0 Å². The standard InChI is InChI=1S/C18H27BrN2O4/c1-5-25-16-14(19)10-13(11-15(16)23-4)17(22)20-12-18(2,3)21-6-8-24-9-7-21/h10-11H,5-9,12H2,1-4H3,(H,20,22). The van der Waals surface area contributed by atoms with Crippen molar-refractivity contribution >= 4 is 21.8 Å². The number of carbonyl (C=O) groups is 1. The number of halogens is 1. The zero-order valence-electron chi connectivity index (χ0n) is 15.4. The van der Waals surface area contributed by atoms with E-state index in [4.69, 9.17) is 14.2 Å². The van der Waals surface area contributed by atoms with Crippen LogP contribution < -0.4 is 14.8 Å². The number of methoxy groups -OCH3 is 1. The second kappa shape index (κ2) is 8.87. The third-order valence-corrected chi connectivity index (χ3v) is 4.92. The highest BCUT2D eigenvalue weighted by atomic mass is 79.9. The molecule has 1 aromatic carbocycles. The van der Waals surface area contributed by atoms with Gasteiger partial charge in [0.2, 0.25) is 0 Å². The van der Waals surface area contributed by atoms with E-state index in [-0.39, 0.29) is 11.4 Å². The van der Waals surface area contributed by atoms with Crippen LogP contribution in [0.15, 0.2) is 16.6 Å². The molecule has 6 nitrogen and oxygen atoms in total. The van der Waals surface area contributed by atoms with E-state index in [0.29, 0.717) is 34.7 Å². The maximum Gasteiger partial charge on any atom is 0.251 e. The number of morpholine rings is 1. The molecule has 1 saturated heterocycles. The van der Waals surface area contributed by atoms with Gasteiger partial charge in [0.25, 0.3) is 5.91 Å². The van der Waals surface area contributed by atoms with Crippen LogP contribution in [0, 0.1) is 0 Å². The van der Waals surface area contributed by atoms with Crippen molar-refractivity contribution in [3.8, 4) is 11.5 Å². The molecule has 7 heteroatoms. The number of hydrogen-bond donors (Lipinski definition) is 1. The number of amides is 1. The van der Waals surface area contributed by atoms with E-state index in [1.54, 1.807) is 19.2 Å². The lowest BCUT2D eigenvalue weighted by Crippen LogP contribution is -2.55. The maximum absolute atomic E-state index is 12.6. The summed E-state index contributed by atoms with van der Waals surface area (Å²) in [5.74, 6) is 1.01. The average Bonchev–Trinajstić information content (AvgIpc) is 2.62. The SMILES string of the molecule is CCOc1c(Br)cc(C(=O)NCC(C)(C)N2CCOCC2)cc1OC. The molecule has 0 atom stereocenters. The van der Waals surface area contributed by atoms with Gasteiger partial charge in [0.05, 0.1) is 31.4 Å². The number of hydrogen-bond acceptors (Lipinski definition) is 5. The molecule has 0 unspecified atom stereocenters. The van der Waals surface area contributed by atoms with E-state index in [1.807, 2.05) is 6.92 Å². The number of ether oxygens (including phenoxy) is 3. The van der Waals surface area contributed by atoms with Gasteiger partial charge in [0.15, 0.2) is 11.5 Å². The number of rotatable bonds is 7. The van der Waals surface area contributed by atoms with Crippen LogP contribution in [0.1, 0.15) is 31.1 Å². The molecule has 0 aromatic heterocycles. The minimum Gasteiger partial charge on any atom is -0.493 e. The second-order valence-corrected chi connectivity index (χ2v) is 7.37. The molecule has 0 saturated carbocycles. The number of benzene rings is 1. The fraction of sp³-hybridized carbons (Fsp3) is 0.611. The van der Waals surface area contributed by atoms with Gasteiger partial charge in [0.1, 0.15) is 0 Å². The van der Waals surface area contributed by atoms with Crippen molar-refractivity contribution in [3.05, 3.63) is 22.2 Å². The maximum atomic E-state index is 12.6. The highest BCUT2D eigenvalue weighted by Crippen LogP contribution is 2.36. The summed E-state index contributed by atoms with van der Waals surface area (Å²) in [6, 6.07) is 3.46. The van der Waals surface area contributed by atoms with E-state index < -0.39 is 0 Å². The van der Waals surface area contributed by atoms with Gasteiger partial charge in [-0.25, -0.2) is 0 Å². The Morgan fingerprint density at radius 3 is 2.64 bits per heavy atom. The molecule has 25 heavy (non-hydrogen) atoms. The Bertz CT molecular complexity index is 601. The first-order valence-electron chi connectivity index (χ1n) is 8.50. The summed E-state index contributed by atoms with van der Waals surface area (Å²) in [6.07, 6.45) is 0. The second-order valence-electron chi connectivity index (χ2n) is 6.52. The minimum absolute atomic E-state index is 0.133. The molecule has 1 aromatic rings. The fourth-order valence-corrected chi connectivity index (χ4v) is 3.37. The van der Waals surface area contributed by atoms with E-state index in [2.05, 4.69) is 40.0 Å². The predicted molar refractivity (Wildman–Crippen MR) is 101 cm³/mol. The summed E-state index contributed by atoms with van der Waals surface area (Å²) < 4.78 is 17.0. The predicted octanol–water partition coefficient (Wildman–Crippen LogP) is 2.70. The normalized spacial score (nSPS) is 15.7. The van der Waals surface area contributed by atoms with Crippen LogP contribution in [0.5, 0.6) is 11.5 Å². The Morgan fingerprint density at radius 1 is 1.36 bits per heavy atom. The Balaban J connectivity index is 2.06. The summed E-state index contributed by atoms with van der Waals surface area (Å²) in [7, 11) is 1.56. The fourth-order valence-electron chi connectivity index (χ4n) is 2.81. The Morgan fingerprint density at radius 2 is 2.04 bits per heavy atom. The number of carbonyl (C=O) groups excluding carboxylic acids is 1. The molecule has 1 amide bonds. The topological polar surface area (TPSA) is 60.0 Å². The third-order valence-electron chi connectivity index (χ3n) is 4.33. The van der Waals surface area contributed by atoms with Crippen LogP contribution in [-0.2, 0) is 4.74 Å². The van der Waals surface area contributed by atoms with Gasteiger partial charge in [-0.2, -0.15) is 0 Å². The van der Waals surface area contributed by atoms with Crippen molar-refractivity contribution in [1.29, 1.82) is 0 Å². The molecule has 1 N–H and O–H groups in total. The molecule has 0 spiro atoms. The van der Waals surface area contributed by atoms with Gasteiger partial charge in [0, 0.05) is 30.7 Å². The van der Waals surface area contributed by atoms with E-state index in [1.165, 1.54) is 0 Å². The molecule has 2 rings (SSSR count). The van der Waals surface area contributed by atoms with Crippen LogP contribution >= 0.6 is 15.9 Å². The summed E-state index contributed by atoms with van der Waals surface area (Å²) >= 11 is 3.45. The minimum atomic E-state index is -0.136. The van der Waals surface area contributed by atoms with Crippen LogP contribution in [0.3, 0.4) is 0 Å². The first-order valence-corrected chi connectivity index (χ1v) is 9.29. The molecule has 1 fully saturated rings. The van der Waals surface area contributed by atoms with Crippen molar-refractivity contribution in [2.75, 3.05) is 46.6 Å². The Labute approximate surface area is 157 Å². The lowest BCUT2D eigenvalue weighted by atomic mass is 10.0. The van der Waals surface area contributed by atoms with Gasteiger partial charge >= 0.3 is 0 Å². The molecule has 1 aliphatic rings. The van der Waals surface area contributed by atoms with E-state index in [0.717, 1.165) is 26.3 Å². The quantitative estimate of drug-likeness (QED) is 0.742. The van der Waals surface area contributed by atoms with Crippen LogP contribution in [0.25, 0.3) is 0 Å². The van der Waals surface area contributed by atoms with Crippen molar-refractivity contribution in [3.63, 3.8) is 0 Å². The van der Waals surface area contributed by atoms with Crippen LogP contribution in [0.4, 0.5) is 0 Å². The Hall–Kier alpha value is -1.31. The van der Waals surface area contributed by atoms with Crippen molar-refractivity contribution in [2.45, 2.75) is 26.3 Å². The van der Waals surface area contributed by atoms with Crippen molar-refractivity contribution in [2.24, 2.45) is 0 Å². The van der Waals surface area contributed by atoms with Gasteiger partial charge in [-0.1, -0.05) is 0 Å². The summed E-state index contributed by atoms with van der Waals surface area (Å²) in [5, 5.41) is 3.03. The molecule has 0 bridgehead atoms. The molecule has 140 valence electrons. The lowest BCUT2D eigenvalue weighted by Gasteiger charge is -2.40. The number of nitrogens with zero attached hydrogens (tertiary/aromatic N) is 1. The van der Waals surface area contributed by atoms with Gasteiger partial charge < -0.3 is 19.5 Å². The van der Waals surface area contributed by atoms with Crippen molar-refractivity contribution in [1.82, 2.24) is 10.2 Å². The summed E-state index contributed by atoms with van der Waals surface area (Å²) in [4.78, 5) is 14.9. The molecular formula is C18H27BrN2O4. The number of nitrogens with one attached hydrogen (secondary N) is 1. The molecular weight excluding hydrogens is 388 g/mol. The zero-order chi connectivity index (χ0) is 18.4. The zero-order valence-corrected chi connectivity index (χ0v) is 16.9. The first kappa shape index (κ1) is 20.0. The average molecular weight is 415 g/mol. The van der Waals surface area contributed by atoms with Crippen LogP contribution in [0.2, 0.25) is 0 Å². The van der Waals surface area contributed by atoms with Gasteiger partial charge in [-0.05, 0) is 48.8 Å². The molecule has 0 radical (unpaired) electrons. The molecule has 1 aliphatic heterocycles. The van der Waals surface area contributed by atoms with Gasteiger partial charge in [-0.3, -0.25) is 9.69 Å².